The molecule has 6 nitrogen and oxygen atoms in total. The van der Waals surface area contributed by atoms with Crippen molar-refractivity contribution in [3.63, 3.8) is 0 Å². The van der Waals surface area contributed by atoms with E-state index in [1.54, 1.807) is 6.92 Å². The lowest BCUT2D eigenvalue weighted by Crippen LogP contribution is -1.98. The molecule has 0 bridgehead atoms. The van der Waals surface area contributed by atoms with Gasteiger partial charge in [-0.15, -0.1) is 0 Å². The highest BCUT2D eigenvalue weighted by Crippen LogP contribution is 2.19. The van der Waals surface area contributed by atoms with Crippen LogP contribution in [0.2, 0.25) is 0 Å². The van der Waals surface area contributed by atoms with Crippen LogP contribution in [0.5, 0.6) is 0 Å². The molecule has 0 unspecified atom stereocenters. The molecule has 1 N–H and O–H groups in total. The van der Waals surface area contributed by atoms with Crippen molar-refractivity contribution < 1.29 is 14.4 Å². The Bertz CT molecular complexity index is 625. The van der Waals surface area contributed by atoms with Gasteiger partial charge in [-0.05, 0) is 18.2 Å². The quantitative estimate of drug-likeness (QED) is 0.839. The van der Waals surface area contributed by atoms with E-state index in [2.05, 4.69) is 10.1 Å². The van der Waals surface area contributed by atoms with Crippen LogP contribution in [0.1, 0.15) is 21.8 Å². The topological polar surface area (TPSA) is 100 Å². The molecule has 1 aromatic heterocycles. The van der Waals surface area contributed by atoms with Gasteiger partial charge in [0.05, 0.1) is 17.2 Å². The van der Waals surface area contributed by atoms with Crippen molar-refractivity contribution in [3.05, 3.63) is 35.2 Å². The summed E-state index contributed by atoms with van der Waals surface area (Å²) in [6.45, 7) is 1.63. The number of nitrogens with zero attached hydrogens (tertiary/aromatic N) is 3. The minimum absolute atomic E-state index is 0.0153. The number of aromatic nitrogens is 2. The van der Waals surface area contributed by atoms with E-state index in [9.17, 15) is 4.79 Å². The fraction of sp³-hybridized carbons (Fsp3) is 0.0909. The van der Waals surface area contributed by atoms with E-state index in [4.69, 9.17) is 14.9 Å². The van der Waals surface area contributed by atoms with E-state index in [0.717, 1.165) is 0 Å². The molecule has 0 amide bonds. The lowest BCUT2D eigenvalue weighted by Gasteiger charge is -1.99. The van der Waals surface area contributed by atoms with Gasteiger partial charge in [-0.25, -0.2) is 4.79 Å². The van der Waals surface area contributed by atoms with Gasteiger partial charge in [-0.3, -0.25) is 0 Å². The molecular weight excluding hydrogens is 222 g/mol. The van der Waals surface area contributed by atoms with Crippen LogP contribution in [0.4, 0.5) is 0 Å². The molecule has 0 spiro atoms. The fourth-order valence-corrected chi connectivity index (χ4v) is 1.36. The molecule has 0 atom stereocenters. The maximum Gasteiger partial charge on any atom is 0.335 e. The van der Waals surface area contributed by atoms with Crippen molar-refractivity contribution in [1.29, 1.82) is 5.26 Å². The Morgan fingerprint density at radius 2 is 2.24 bits per heavy atom. The highest BCUT2D eigenvalue weighted by atomic mass is 16.5. The molecule has 0 saturated heterocycles. The number of rotatable bonds is 2. The number of hydrogen-bond donors (Lipinski definition) is 1. The standard InChI is InChI=1S/C11H7N3O3/c1-6-13-10(14-17-6)8-2-7(5-12)3-9(4-8)11(15)16/h2-4H,1H3,(H,15,16). The molecule has 1 aromatic carbocycles. The molecule has 0 fully saturated rings. The molecular formula is C11H7N3O3. The van der Waals surface area contributed by atoms with E-state index < -0.39 is 5.97 Å². The highest BCUT2D eigenvalue weighted by Gasteiger charge is 2.11. The van der Waals surface area contributed by atoms with Crippen LogP contribution < -0.4 is 0 Å². The van der Waals surface area contributed by atoms with E-state index >= 15 is 0 Å². The number of benzene rings is 1. The first-order valence-corrected chi connectivity index (χ1v) is 4.69. The summed E-state index contributed by atoms with van der Waals surface area (Å²) < 4.78 is 4.80. The molecule has 84 valence electrons. The van der Waals surface area contributed by atoms with E-state index in [1.807, 2.05) is 6.07 Å². The zero-order valence-electron chi connectivity index (χ0n) is 8.84. The average molecular weight is 229 g/mol. The summed E-state index contributed by atoms with van der Waals surface area (Å²) in [7, 11) is 0. The zero-order valence-corrected chi connectivity index (χ0v) is 8.84. The minimum Gasteiger partial charge on any atom is -0.478 e. The monoisotopic (exact) mass is 229 g/mol. The number of aryl methyl sites for hydroxylation is 1. The van der Waals surface area contributed by atoms with Crippen LogP contribution in [-0.2, 0) is 0 Å². The maximum absolute atomic E-state index is 10.9. The van der Waals surface area contributed by atoms with Crippen LogP contribution in [0.15, 0.2) is 22.7 Å². The minimum atomic E-state index is -1.11. The second-order valence-electron chi connectivity index (χ2n) is 3.35. The first kappa shape index (κ1) is 10.8. The number of aromatic carboxylic acids is 1. The van der Waals surface area contributed by atoms with Crippen LogP contribution >= 0.6 is 0 Å². The van der Waals surface area contributed by atoms with Crippen molar-refractivity contribution in [2.45, 2.75) is 6.92 Å². The number of nitriles is 1. The van der Waals surface area contributed by atoms with Crippen molar-refractivity contribution in [1.82, 2.24) is 10.1 Å². The Labute approximate surface area is 96.1 Å². The van der Waals surface area contributed by atoms with Gasteiger partial charge in [0, 0.05) is 12.5 Å². The van der Waals surface area contributed by atoms with Crippen molar-refractivity contribution in [2.75, 3.05) is 0 Å². The lowest BCUT2D eigenvalue weighted by molar-refractivity contribution is 0.0697. The Balaban J connectivity index is 2.58. The van der Waals surface area contributed by atoms with Crippen molar-refractivity contribution >= 4 is 5.97 Å². The van der Waals surface area contributed by atoms with Gasteiger partial charge in [-0.1, -0.05) is 5.16 Å². The molecule has 0 aliphatic carbocycles. The number of carboxylic acids is 1. The highest BCUT2D eigenvalue weighted by molar-refractivity contribution is 5.89. The van der Waals surface area contributed by atoms with Gasteiger partial charge in [0.25, 0.3) is 0 Å². The maximum atomic E-state index is 10.9. The van der Waals surface area contributed by atoms with Crippen molar-refractivity contribution in [2.24, 2.45) is 0 Å². The molecule has 2 rings (SSSR count). The smallest absolute Gasteiger partial charge is 0.335 e. The normalized spacial score (nSPS) is 9.88. The average Bonchev–Trinajstić information content (AvgIpc) is 2.75. The summed E-state index contributed by atoms with van der Waals surface area (Å²) in [6.07, 6.45) is 0. The molecule has 0 saturated carbocycles. The Morgan fingerprint density at radius 3 is 2.76 bits per heavy atom. The first-order chi connectivity index (χ1) is 8.10. The summed E-state index contributed by atoms with van der Waals surface area (Å²) in [5.41, 5.74) is 0.696. The SMILES string of the molecule is Cc1nc(-c2cc(C#N)cc(C(=O)O)c2)no1. The summed E-state index contributed by atoms with van der Waals surface area (Å²) >= 11 is 0. The molecule has 6 heteroatoms. The second-order valence-corrected chi connectivity index (χ2v) is 3.35. The molecule has 0 radical (unpaired) electrons. The largest absolute Gasteiger partial charge is 0.478 e. The second kappa shape index (κ2) is 4.06. The molecule has 2 aromatic rings. The third-order valence-corrected chi connectivity index (χ3v) is 2.09. The van der Waals surface area contributed by atoms with Gasteiger partial charge < -0.3 is 9.63 Å². The van der Waals surface area contributed by atoms with Crippen LogP contribution in [0.25, 0.3) is 11.4 Å². The van der Waals surface area contributed by atoms with E-state index in [-0.39, 0.29) is 17.0 Å². The van der Waals surface area contributed by atoms with Crippen LogP contribution in [-0.4, -0.2) is 21.2 Å². The van der Waals surface area contributed by atoms with E-state index in [1.165, 1.54) is 18.2 Å². The summed E-state index contributed by atoms with van der Waals surface area (Å²) in [5, 5.41) is 21.4. The fourth-order valence-electron chi connectivity index (χ4n) is 1.36. The Hall–Kier alpha value is -2.68. The predicted octanol–water partition coefficient (Wildman–Crippen LogP) is 1.61. The van der Waals surface area contributed by atoms with Gasteiger partial charge >= 0.3 is 5.97 Å². The number of hydrogen-bond acceptors (Lipinski definition) is 5. The number of carbonyl (C=O) groups is 1. The van der Waals surface area contributed by atoms with E-state index in [0.29, 0.717) is 11.5 Å². The van der Waals surface area contributed by atoms with Gasteiger partial charge in [0.2, 0.25) is 11.7 Å². The summed E-state index contributed by atoms with van der Waals surface area (Å²) in [4.78, 5) is 14.9. The third-order valence-electron chi connectivity index (χ3n) is 2.09. The Kier molecular flexibility index (Phi) is 2.58. The molecule has 1 heterocycles. The van der Waals surface area contributed by atoms with Gasteiger partial charge in [-0.2, -0.15) is 10.2 Å². The zero-order chi connectivity index (χ0) is 12.4. The van der Waals surface area contributed by atoms with Gasteiger partial charge in [0.1, 0.15) is 0 Å². The molecule has 0 aliphatic rings. The summed E-state index contributed by atoms with van der Waals surface area (Å²) in [5.74, 6) is -0.468. The van der Waals surface area contributed by atoms with Crippen LogP contribution in [0.3, 0.4) is 0 Å². The number of carboxylic acid groups (broad SMARTS) is 1. The Morgan fingerprint density at radius 1 is 1.47 bits per heavy atom. The predicted molar refractivity (Wildman–Crippen MR) is 56.1 cm³/mol. The molecule has 17 heavy (non-hydrogen) atoms. The van der Waals surface area contributed by atoms with Crippen LogP contribution in [0, 0.1) is 18.3 Å². The van der Waals surface area contributed by atoms with Crippen molar-refractivity contribution in [3.8, 4) is 17.5 Å². The first-order valence-electron chi connectivity index (χ1n) is 4.69. The summed E-state index contributed by atoms with van der Waals surface area (Å²) in [6, 6.07) is 6.09. The third kappa shape index (κ3) is 2.13. The molecule has 0 aliphatic heterocycles. The lowest BCUT2D eigenvalue weighted by atomic mass is 10.1. The van der Waals surface area contributed by atoms with Gasteiger partial charge in [0.15, 0.2) is 0 Å².